The SMILES string of the molecule is CCCn1nncc1C(NN)c1cc(C)ccc1Br. The van der Waals surface area contributed by atoms with Gasteiger partial charge < -0.3 is 0 Å². The van der Waals surface area contributed by atoms with Crippen molar-refractivity contribution in [2.45, 2.75) is 32.9 Å². The molecule has 0 spiro atoms. The number of rotatable bonds is 5. The molecule has 3 N–H and O–H groups in total. The molecule has 1 aromatic carbocycles. The van der Waals surface area contributed by atoms with Gasteiger partial charge in [0.1, 0.15) is 0 Å². The Labute approximate surface area is 121 Å². The Morgan fingerprint density at radius 2 is 2.26 bits per heavy atom. The van der Waals surface area contributed by atoms with Gasteiger partial charge in [-0.15, -0.1) is 5.10 Å². The fourth-order valence-electron chi connectivity index (χ4n) is 2.09. The normalized spacial score (nSPS) is 12.6. The zero-order valence-electron chi connectivity index (χ0n) is 11.1. The molecule has 0 radical (unpaired) electrons. The molecule has 0 fully saturated rings. The van der Waals surface area contributed by atoms with Gasteiger partial charge in [-0.05, 0) is 25.0 Å². The molecule has 0 aliphatic heterocycles. The summed E-state index contributed by atoms with van der Waals surface area (Å²) in [5, 5.41) is 8.10. The molecule has 0 amide bonds. The number of benzene rings is 1. The second-order valence-electron chi connectivity index (χ2n) is 4.51. The molecular weight excluding hydrogens is 306 g/mol. The second-order valence-corrected chi connectivity index (χ2v) is 5.36. The molecule has 5 nitrogen and oxygen atoms in total. The van der Waals surface area contributed by atoms with Crippen LogP contribution in [0, 0.1) is 6.92 Å². The average Bonchev–Trinajstić information content (AvgIpc) is 2.83. The lowest BCUT2D eigenvalue weighted by molar-refractivity contribution is 0.511. The van der Waals surface area contributed by atoms with Crippen LogP contribution in [-0.4, -0.2) is 15.0 Å². The molecule has 2 aromatic rings. The standard InChI is InChI=1S/C13H18BrN5/c1-3-6-19-12(8-16-18-19)13(17-15)10-7-9(2)4-5-11(10)14/h4-5,7-8,13,17H,3,6,15H2,1-2H3. The van der Waals surface area contributed by atoms with Gasteiger partial charge in [-0.2, -0.15) is 0 Å². The van der Waals surface area contributed by atoms with E-state index in [2.05, 4.69) is 57.6 Å². The van der Waals surface area contributed by atoms with E-state index in [0.717, 1.165) is 28.7 Å². The van der Waals surface area contributed by atoms with E-state index in [1.807, 2.05) is 10.7 Å². The number of nitrogens with zero attached hydrogens (tertiary/aromatic N) is 3. The minimum absolute atomic E-state index is 0.129. The Morgan fingerprint density at radius 1 is 1.47 bits per heavy atom. The first-order valence-electron chi connectivity index (χ1n) is 6.28. The summed E-state index contributed by atoms with van der Waals surface area (Å²) >= 11 is 3.58. The predicted octanol–water partition coefficient (Wildman–Crippen LogP) is 2.31. The van der Waals surface area contributed by atoms with E-state index < -0.39 is 0 Å². The summed E-state index contributed by atoms with van der Waals surface area (Å²) in [5.74, 6) is 5.74. The van der Waals surface area contributed by atoms with Crippen molar-refractivity contribution in [1.82, 2.24) is 20.4 Å². The van der Waals surface area contributed by atoms with Crippen LogP contribution in [-0.2, 0) is 6.54 Å². The smallest absolute Gasteiger partial charge is 0.0905 e. The summed E-state index contributed by atoms with van der Waals surface area (Å²) in [6, 6.07) is 6.07. The Balaban J connectivity index is 2.44. The average molecular weight is 324 g/mol. The molecule has 0 aliphatic carbocycles. The molecule has 0 aliphatic rings. The van der Waals surface area contributed by atoms with Gasteiger partial charge in [-0.3, -0.25) is 5.84 Å². The predicted molar refractivity (Wildman–Crippen MR) is 78.4 cm³/mol. The molecule has 0 saturated carbocycles. The molecule has 19 heavy (non-hydrogen) atoms. The number of nitrogens with two attached hydrogens (primary N) is 1. The zero-order valence-corrected chi connectivity index (χ0v) is 12.7. The lowest BCUT2D eigenvalue weighted by Gasteiger charge is -2.19. The molecule has 6 heteroatoms. The minimum atomic E-state index is -0.129. The van der Waals surface area contributed by atoms with Gasteiger partial charge in [0.25, 0.3) is 0 Å². The number of hydrazine groups is 1. The zero-order chi connectivity index (χ0) is 13.8. The number of halogens is 1. The van der Waals surface area contributed by atoms with Gasteiger partial charge in [0.15, 0.2) is 0 Å². The van der Waals surface area contributed by atoms with Crippen LogP contribution in [0.1, 0.15) is 36.2 Å². The fraction of sp³-hybridized carbons (Fsp3) is 0.385. The molecule has 0 saturated heterocycles. The highest BCUT2D eigenvalue weighted by Gasteiger charge is 2.20. The highest BCUT2D eigenvalue weighted by Crippen LogP contribution is 2.28. The van der Waals surface area contributed by atoms with Crippen LogP contribution in [0.25, 0.3) is 0 Å². The van der Waals surface area contributed by atoms with Gasteiger partial charge in [-0.25, -0.2) is 10.1 Å². The largest absolute Gasteiger partial charge is 0.271 e. The summed E-state index contributed by atoms with van der Waals surface area (Å²) in [6.07, 6.45) is 2.76. The number of aryl methyl sites for hydroxylation is 2. The highest BCUT2D eigenvalue weighted by molar-refractivity contribution is 9.10. The first-order chi connectivity index (χ1) is 9.17. The van der Waals surface area contributed by atoms with Crippen LogP contribution in [0.4, 0.5) is 0 Å². The van der Waals surface area contributed by atoms with Crippen LogP contribution >= 0.6 is 15.9 Å². The maximum atomic E-state index is 5.74. The van der Waals surface area contributed by atoms with Gasteiger partial charge in [0.2, 0.25) is 0 Å². The number of nitrogens with one attached hydrogen (secondary N) is 1. The van der Waals surface area contributed by atoms with E-state index >= 15 is 0 Å². The van der Waals surface area contributed by atoms with Crippen molar-refractivity contribution in [3.05, 3.63) is 45.7 Å². The van der Waals surface area contributed by atoms with Gasteiger partial charge in [-0.1, -0.05) is 45.8 Å². The lowest BCUT2D eigenvalue weighted by atomic mass is 10.0. The maximum absolute atomic E-state index is 5.74. The number of hydrogen-bond acceptors (Lipinski definition) is 4. The van der Waals surface area contributed by atoms with E-state index in [0.29, 0.717) is 0 Å². The third kappa shape index (κ3) is 3.02. The van der Waals surface area contributed by atoms with Crippen LogP contribution in [0.3, 0.4) is 0 Å². The third-order valence-electron chi connectivity index (χ3n) is 3.01. The highest BCUT2D eigenvalue weighted by atomic mass is 79.9. The van der Waals surface area contributed by atoms with Gasteiger partial charge >= 0.3 is 0 Å². The lowest BCUT2D eigenvalue weighted by Crippen LogP contribution is -2.31. The Morgan fingerprint density at radius 3 is 2.95 bits per heavy atom. The van der Waals surface area contributed by atoms with Crippen molar-refractivity contribution >= 4 is 15.9 Å². The molecule has 1 aromatic heterocycles. The van der Waals surface area contributed by atoms with Crippen molar-refractivity contribution in [2.24, 2.45) is 5.84 Å². The van der Waals surface area contributed by atoms with Crippen LogP contribution in [0.15, 0.2) is 28.9 Å². The molecule has 1 atom stereocenters. The van der Waals surface area contributed by atoms with E-state index in [9.17, 15) is 0 Å². The maximum Gasteiger partial charge on any atom is 0.0905 e. The quantitative estimate of drug-likeness (QED) is 0.654. The van der Waals surface area contributed by atoms with Crippen LogP contribution in [0.2, 0.25) is 0 Å². The van der Waals surface area contributed by atoms with E-state index in [1.54, 1.807) is 6.20 Å². The van der Waals surface area contributed by atoms with Crippen molar-refractivity contribution in [2.75, 3.05) is 0 Å². The molecule has 102 valence electrons. The van der Waals surface area contributed by atoms with Crippen LogP contribution in [0.5, 0.6) is 0 Å². The fourth-order valence-corrected chi connectivity index (χ4v) is 2.57. The summed E-state index contributed by atoms with van der Waals surface area (Å²) in [6.45, 7) is 5.00. The molecule has 1 heterocycles. The Kier molecular flexibility index (Phi) is 4.68. The minimum Gasteiger partial charge on any atom is -0.271 e. The summed E-state index contributed by atoms with van der Waals surface area (Å²) in [7, 11) is 0. The van der Waals surface area contributed by atoms with Gasteiger partial charge in [0.05, 0.1) is 17.9 Å². The summed E-state index contributed by atoms with van der Waals surface area (Å²) in [4.78, 5) is 0. The first kappa shape index (κ1) is 14.2. The monoisotopic (exact) mass is 323 g/mol. The molecular formula is C13H18BrN5. The summed E-state index contributed by atoms with van der Waals surface area (Å²) < 4.78 is 2.91. The molecule has 0 bridgehead atoms. The van der Waals surface area contributed by atoms with E-state index in [1.165, 1.54) is 5.56 Å². The summed E-state index contributed by atoms with van der Waals surface area (Å²) in [5.41, 5.74) is 6.10. The Bertz CT molecular complexity index is 552. The topological polar surface area (TPSA) is 68.8 Å². The Hall–Kier alpha value is -1.24. The van der Waals surface area contributed by atoms with Crippen molar-refractivity contribution < 1.29 is 0 Å². The first-order valence-corrected chi connectivity index (χ1v) is 7.07. The van der Waals surface area contributed by atoms with Gasteiger partial charge in [0, 0.05) is 11.0 Å². The number of aromatic nitrogens is 3. The third-order valence-corrected chi connectivity index (χ3v) is 3.73. The van der Waals surface area contributed by atoms with Crippen LogP contribution < -0.4 is 11.3 Å². The van der Waals surface area contributed by atoms with E-state index in [-0.39, 0.29) is 6.04 Å². The number of hydrogen-bond donors (Lipinski definition) is 2. The van der Waals surface area contributed by atoms with Crippen molar-refractivity contribution in [3.63, 3.8) is 0 Å². The molecule has 2 rings (SSSR count). The van der Waals surface area contributed by atoms with E-state index in [4.69, 9.17) is 5.84 Å². The van der Waals surface area contributed by atoms with Crippen molar-refractivity contribution in [1.29, 1.82) is 0 Å². The molecule has 1 unspecified atom stereocenters. The van der Waals surface area contributed by atoms with Crippen molar-refractivity contribution in [3.8, 4) is 0 Å². The second kappa shape index (κ2) is 6.27.